The Labute approximate surface area is 181 Å². The monoisotopic (exact) mass is 440 g/mol. The van der Waals surface area contributed by atoms with Crippen molar-refractivity contribution in [3.8, 4) is 11.3 Å². The van der Waals surface area contributed by atoms with Crippen LogP contribution in [0, 0.1) is 4.77 Å². The maximum atomic E-state index is 5.95. The van der Waals surface area contributed by atoms with E-state index in [0.717, 1.165) is 33.6 Å². The average molecular weight is 441 g/mol. The summed E-state index contributed by atoms with van der Waals surface area (Å²) in [6.45, 7) is 0. The van der Waals surface area contributed by atoms with Crippen LogP contribution in [0.25, 0.3) is 11.3 Å². The lowest BCUT2D eigenvalue weighted by atomic mass is 10.1. The van der Waals surface area contributed by atoms with Crippen molar-refractivity contribution in [3.05, 3.63) is 70.1 Å². The molecule has 2 N–H and O–H groups in total. The third-order valence-corrected chi connectivity index (χ3v) is 6.60. The van der Waals surface area contributed by atoms with E-state index in [1.807, 2.05) is 30.1 Å². The molecule has 9 heteroatoms. The van der Waals surface area contributed by atoms with Crippen molar-refractivity contribution in [2.45, 2.75) is 28.3 Å². The number of H-pyrrole nitrogens is 2. The third-order valence-electron chi connectivity index (χ3n) is 5.06. The molecule has 0 spiro atoms. The van der Waals surface area contributed by atoms with Crippen molar-refractivity contribution in [2.24, 2.45) is 7.05 Å². The summed E-state index contributed by atoms with van der Waals surface area (Å²) in [4.78, 5) is 12.1. The zero-order chi connectivity index (χ0) is 20.0. The van der Waals surface area contributed by atoms with E-state index in [2.05, 4.69) is 49.4 Å². The number of halogens is 1. The lowest BCUT2D eigenvalue weighted by Crippen LogP contribution is -1.91. The fraction of sp³-hybridized carbons (Fsp3) is 0.200. The van der Waals surface area contributed by atoms with Gasteiger partial charge in [-0.2, -0.15) is 5.10 Å². The number of hydrogen-bond donors (Lipinski definition) is 2. The minimum Gasteiger partial charge on any atom is -0.328 e. The van der Waals surface area contributed by atoms with Crippen molar-refractivity contribution >= 4 is 35.6 Å². The van der Waals surface area contributed by atoms with Crippen LogP contribution < -0.4 is 0 Å². The number of aromatic nitrogens is 6. The molecule has 0 saturated heterocycles. The van der Waals surface area contributed by atoms with Crippen LogP contribution in [0.2, 0.25) is 5.02 Å². The Hall–Kier alpha value is -2.42. The van der Waals surface area contributed by atoms with Crippen LogP contribution >= 0.6 is 35.6 Å². The minimum atomic E-state index is 0.408. The highest BCUT2D eigenvalue weighted by Crippen LogP contribution is 2.53. The molecule has 3 aromatic heterocycles. The highest BCUT2D eigenvalue weighted by molar-refractivity contribution is 7.99. The Morgan fingerprint density at radius 2 is 1.97 bits per heavy atom. The Morgan fingerprint density at radius 1 is 1.14 bits per heavy atom. The number of aryl methyl sites for hydroxylation is 1. The predicted molar refractivity (Wildman–Crippen MR) is 116 cm³/mol. The number of nitrogens with one attached hydrogen (secondary N) is 2. The topological polar surface area (TPSA) is 75.2 Å². The molecule has 0 bridgehead atoms. The van der Waals surface area contributed by atoms with Crippen molar-refractivity contribution in [1.82, 2.24) is 29.7 Å². The van der Waals surface area contributed by atoms with Crippen LogP contribution in [0.4, 0.5) is 0 Å². The van der Waals surface area contributed by atoms with Crippen molar-refractivity contribution < 1.29 is 0 Å². The molecule has 1 saturated carbocycles. The molecule has 0 amide bonds. The summed E-state index contributed by atoms with van der Waals surface area (Å²) >= 11 is 12.6. The number of benzene rings is 1. The molecule has 5 rings (SSSR count). The quantitative estimate of drug-likeness (QED) is 0.410. The van der Waals surface area contributed by atoms with Gasteiger partial charge in [-0.05, 0) is 54.0 Å². The zero-order valence-electron chi connectivity index (χ0n) is 15.5. The predicted octanol–water partition coefficient (Wildman–Crippen LogP) is 5.34. The first-order valence-electron chi connectivity index (χ1n) is 9.14. The van der Waals surface area contributed by atoms with E-state index in [1.165, 1.54) is 5.56 Å². The molecule has 4 aromatic rings. The van der Waals surface area contributed by atoms with Gasteiger partial charge in [-0.15, -0.1) is 0 Å². The number of imidazole rings is 1. The van der Waals surface area contributed by atoms with Gasteiger partial charge in [-0.25, -0.2) is 9.97 Å². The van der Waals surface area contributed by atoms with E-state index in [9.17, 15) is 0 Å². The molecule has 2 atom stereocenters. The van der Waals surface area contributed by atoms with E-state index < -0.39 is 0 Å². The average Bonchev–Trinajstić information content (AvgIpc) is 3.28. The Kier molecular flexibility index (Phi) is 4.77. The maximum Gasteiger partial charge on any atom is 0.192 e. The highest BCUT2D eigenvalue weighted by atomic mass is 35.5. The molecular formula is C20H17ClN6S2. The minimum absolute atomic E-state index is 0.408. The summed E-state index contributed by atoms with van der Waals surface area (Å²) in [5, 5.41) is 9.63. The molecule has 1 fully saturated rings. The third kappa shape index (κ3) is 3.75. The van der Waals surface area contributed by atoms with E-state index >= 15 is 0 Å². The molecule has 29 heavy (non-hydrogen) atoms. The molecule has 1 aromatic carbocycles. The van der Waals surface area contributed by atoms with Crippen LogP contribution in [0.3, 0.4) is 0 Å². The second-order valence-corrected chi connectivity index (χ2v) is 8.91. The van der Waals surface area contributed by atoms with Crippen molar-refractivity contribution in [2.75, 3.05) is 0 Å². The Morgan fingerprint density at radius 3 is 2.66 bits per heavy atom. The highest BCUT2D eigenvalue weighted by Gasteiger charge is 2.41. The standard InChI is InChI=1S/C20H17ClN6S2/c1-27-10-23-17(19(27)29-16-7-6-13(21)9-22-16)12-4-2-11(3-5-12)14-8-15(14)18-24-20(28)26-25-18/h2-7,9-10,14-15H,8H2,1H3,(H2,24,25,26,28)/t14-,15?/m1/s1. The van der Waals surface area contributed by atoms with Gasteiger partial charge in [0.05, 0.1) is 11.3 Å². The number of pyridine rings is 1. The molecule has 3 heterocycles. The number of aromatic amines is 2. The van der Waals surface area contributed by atoms with Crippen LogP contribution in [-0.4, -0.2) is 29.7 Å². The second kappa shape index (κ2) is 7.44. The van der Waals surface area contributed by atoms with Gasteiger partial charge in [0, 0.05) is 24.7 Å². The first-order chi connectivity index (χ1) is 14.1. The van der Waals surface area contributed by atoms with Gasteiger partial charge >= 0.3 is 0 Å². The van der Waals surface area contributed by atoms with Gasteiger partial charge in [-0.1, -0.05) is 35.9 Å². The molecule has 6 nitrogen and oxygen atoms in total. The molecule has 1 unspecified atom stereocenters. The van der Waals surface area contributed by atoms with E-state index in [-0.39, 0.29) is 0 Å². The lowest BCUT2D eigenvalue weighted by Gasteiger charge is -2.07. The Balaban J connectivity index is 1.37. The summed E-state index contributed by atoms with van der Waals surface area (Å²) in [5.41, 5.74) is 3.34. The number of rotatable bonds is 5. The fourth-order valence-electron chi connectivity index (χ4n) is 3.47. The summed E-state index contributed by atoms with van der Waals surface area (Å²) in [6, 6.07) is 12.4. The van der Waals surface area contributed by atoms with Crippen molar-refractivity contribution in [3.63, 3.8) is 0 Å². The van der Waals surface area contributed by atoms with Gasteiger partial charge < -0.3 is 9.55 Å². The van der Waals surface area contributed by atoms with E-state index in [1.54, 1.807) is 18.0 Å². The summed E-state index contributed by atoms with van der Waals surface area (Å²) in [6.07, 6.45) is 4.58. The van der Waals surface area contributed by atoms with Crippen LogP contribution in [0.15, 0.2) is 59.0 Å². The summed E-state index contributed by atoms with van der Waals surface area (Å²) in [5.74, 6) is 1.84. The number of hydrogen-bond acceptors (Lipinski definition) is 5. The van der Waals surface area contributed by atoms with Crippen molar-refractivity contribution in [1.29, 1.82) is 0 Å². The first kappa shape index (κ1) is 18.6. The normalized spacial score (nSPS) is 18.1. The summed E-state index contributed by atoms with van der Waals surface area (Å²) < 4.78 is 2.59. The van der Waals surface area contributed by atoms with Crippen LogP contribution in [-0.2, 0) is 7.05 Å². The smallest absolute Gasteiger partial charge is 0.192 e. The molecule has 1 aliphatic rings. The van der Waals surface area contributed by atoms with Gasteiger partial charge in [0.15, 0.2) is 4.77 Å². The van der Waals surface area contributed by atoms with E-state index in [0.29, 0.717) is 21.6 Å². The van der Waals surface area contributed by atoms with Crippen LogP contribution in [0.5, 0.6) is 0 Å². The molecule has 146 valence electrons. The van der Waals surface area contributed by atoms with Gasteiger partial charge in [0.2, 0.25) is 0 Å². The largest absolute Gasteiger partial charge is 0.328 e. The maximum absolute atomic E-state index is 5.95. The van der Waals surface area contributed by atoms with Gasteiger partial charge in [-0.3, -0.25) is 5.10 Å². The van der Waals surface area contributed by atoms with Gasteiger partial charge in [0.25, 0.3) is 0 Å². The van der Waals surface area contributed by atoms with Gasteiger partial charge in [0.1, 0.15) is 21.6 Å². The summed E-state index contributed by atoms with van der Waals surface area (Å²) in [7, 11) is 1.99. The van der Waals surface area contributed by atoms with E-state index in [4.69, 9.17) is 23.8 Å². The number of nitrogens with zero attached hydrogens (tertiary/aromatic N) is 4. The fourth-order valence-corrected chi connectivity index (χ4v) is 4.63. The second-order valence-electron chi connectivity index (χ2n) is 7.06. The first-order valence-corrected chi connectivity index (χ1v) is 10.7. The SMILES string of the molecule is Cn1cnc(-c2ccc([C@H]3CC3c3n[nH]c(=S)[nH]3)cc2)c1Sc1ccc(Cl)cn1. The molecule has 0 aliphatic heterocycles. The lowest BCUT2D eigenvalue weighted by molar-refractivity contribution is 0.824. The van der Waals surface area contributed by atoms with Crippen LogP contribution in [0.1, 0.15) is 29.6 Å². The zero-order valence-corrected chi connectivity index (χ0v) is 17.9. The molecular weight excluding hydrogens is 424 g/mol. The molecule has 1 aliphatic carbocycles. The Bertz CT molecular complexity index is 1210. The molecule has 0 radical (unpaired) electrons.